The van der Waals surface area contributed by atoms with Crippen LogP contribution in [-0.2, 0) is 9.47 Å². The molecule has 0 aromatic heterocycles. The molecule has 3 nitrogen and oxygen atoms in total. The van der Waals surface area contributed by atoms with Gasteiger partial charge in [-0.25, -0.2) is 0 Å². The van der Waals surface area contributed by atoms with Gasteiger partial charge in [0.05, 0.1) is 0 Å². The first kappa shape index (κ1) is 13.9. The van der Waals surface area contributed by atoms with Crippen molar-refractivity contribution in [2.45, 2.75) is 51.9 Å². The minimum Gasteiger partial charge on any atom is -0.385 e. The van der Waals surface area contributed by atoms with Crippen molar-refractivity contribution >= 4 is 0 Å². The lowest BCUT2D eigenvalue weighted by Gasteiger charge is -2.43. The molecule has 0 bridgehead atoms. The summed E-state index contributed by atoms with van der Waals surface area (Å²) in [5, 5.41) is 10.6. The smallest absolute Gasteiger partial charge is 0.185 e. The predicted molar refractivity (Wildman–Crippen MR) is 64.1 cm³/mol. The van der Waals surface area contributed by atoms with E-state index in [0.29, 0.717) is 5.92 Å². The van der Waals surface area contributed by atoms with E-state index in [-0.39, 0.29) is 5.92 Å². The fourth-order valence-electron chi connectivity index (χ4n) is 2.84. The summed E-state index contributed by atoms with van der Waals surface area (Å²) in [6.45, 7) is 6.39. The number of rotatable bonds is 4. The maximum Gasteiger partial charge on any atom is 0.185 e. The van der Waals surface area contributed by atoms with Crippen LogP contribution >= 0.6 is 0 Å². The molecule has 0 radical (unpaired) electrons. The average Bonchev–Trinajstić information content (AvgIpc) is 2.23. The lowest BCUT2D eigenvalue weighted by molar-refractivity contribution is -0.233. The number of hydrogen-bond donors (Lipinski definition) is 1. The van der Waals surface area contributed by atoms with Crippen molar-refractivity contribution in [2.24, 2.45) is 17.8 Å². The average molecular weight is 230 g/mol. The van der Waals surface area contributed by atoms with Crippen LogP contribution in [0.25, 0.3) is 0 Å². The highest BCUT2D eigenvalue weighted by molar-refractivity contribution is 4.90. The van der Waals surface area contributed by atoms with Gasteiger partial charge in [-0.15, -0.1) is 0 Å². The largest absolute Gasteiger partial charge is 0.385 e. The van der Waals surface area contributed by atoms with Crippen molar-refractivity contribution in [3.63, 3.8) is 0 Å². The molecule has 1 N–H and O–H groups in total. The standard InChI is InChI=1S/C13H26O3/c1-9-6-7-11(8-10(9)2)13(3,14)12(15-4)16-5/h9-12,14H,6-8H2,1-5H3. The summed E-state index contributed by atoms with van der Waals surface area (Å²) in [5.41, 5.74) is -0.891. The van der Waals surface area contributed by atoms with Crippen LogP contribution in [0.2, 0.25) is 0 Å². The van der Waals surface area contributed by atoms with Crippen LogP contribution < -0.4 is 0 Å². The molecule has 0 amide bonds. The third-order valence-electron chi connectivity index (χ3n) is 4.33. The quantitative estimate of drug-likeness (QED) is 0.754. The zero-order valence-electron chi connectivity index (χ0n) is 11.2. The fraction of sp³-hybridized carbons (Fsp3) is 1.00. The molecule has 96 valence electrons. The first-order valence-corrected chi connectivity index (χ1v) is 6.21. The Labute approximate surface area is 99.1 Å². The second kappa shape index (κ2) is 5.48. The number of methoxy groups -OCH3 is 2. The Morgan fingerprint density at radius 2 is 1.69 bits per heavy atom. The first-order valence-electron chi connectivity index (χ1n) is 6.21. The minimum atomic E-state index is -0.891. The van der Waals surface area contributed by atoms with Crippen LogP contribution in [-0.4, -0.2) is 31.2 Å². The maximum atomic E-state index is 10.6. The molecule has 0 aromatic rings. The summed E-state index contributed by atoms with van der Waals surface area (Å²) in [6, 6.07) is 0. The zero-order valence-corrected chi connectivity index (χ0v) is 11.2. The van der Waals surface area contributed by atoms with Gasteiger partial charge < -0.3 is 14.6 Å². The molecule has 0 aliphatic heterocycles. The van der Waals surface area contributed by atoms with E-state index in [9.17, 15) is 5.11 Å². The Balaban J connectivity index is 2.68. The van der Waals surface area contributed by atoms with Gasteiger partial charge in [-0.1, -0.05) is 20.3 Å². The van der Waals surface area contributed by atoms with E-state index in [2.05, 4.69) is 13.8 Å². The predicted octanol–water partition coefficient (Wildman–Crippen LogP) is 2.43. The van der Waals surface area contributed by atoms with Gasteiger partial charge in [0, 0.05) is 14.2 Å². The summed E-state index contributed by atoms with van der Waals surface area (Å²) in [7, 11) is 3.16. The summed E-state index contributed by atoms with van der Waals surface area (Å²) in [5.74, 6) is 1.69. The Morgan fingerprint density at radius 3 is 2.12 bits per heavy atom. The van der Waals surface area contributed by atoms with Gasteiger partial charge in [-0.2, -0.15) is 0 Å². The van der Waals surface area contributed by atoms with Gasteiger partial charge in [-0.3, -0.25) is 0 Å². The molecule has 0 heterocycles. The molecule has 1 fully saturated rings. The van der Waals surface area contributed by atoms with Crippen molar-refractivity contribution in [1.82, 2.24) is 0 Å². The van der Waals surface area contributed by atoms with Crippen LogP contribution in [0.15, 0.2) is 0 Å². The van der Waals surface area contributed by atoms with Crippen molar-refractivity contribution in [1.29, 1.82) is 0 Å². The van der Waals surface area contributed by atoms with Crippen molar-refractivity contribution < 1.29 is 14.6 Å². The summed E-state index contributed by atoms with van der Waals surface area (Å²) in [4.78, 5) is 0. The van der Waals surface area contributed by atoms with E-state index in [1.807, 2.05) is 6.92 Å². The van der Waals surface area contributed by atoms with E-state index in [4.69, 9.17) is 9.47 Å². The van der Waals surface area contributed by atoms with Gasteiger partial charge in [0.25, 0.3) is 0 Å². The third-order valence-corrected chi connectivity index (χ3v) is 4.33. The van der Waals surface area contributed by atoms with Crippen molar-refractivity contribution in [3.8, 4) is 0 Å². The fourth-order valence-corrected chi connectivity index (χ4v) is 2.84. The minimum absolute atomic E-state index is 0.267. The Bertz CT molecular complexity index is 211. The molecular weight excluding hydrogens is 204 g/mol. The molecule has 0 aromatic carbocycles. The molecule has 1 saturated carbocycles. The Kier molecular flexibility index (Phi) is 4.77. The van der Waals surface area contributed by atoms with Gasteiger partial charge >= 0.3 is 0 Å². The van der Waals surface area contributed by atoms with Gasteiger partial charge in [-0.05, 0) is 37.5 Å². The Hall–Kier alpha value is -0.120. The molecule has 1 rings (SSSR count). The lowest BCUT2D eigenvalue weighted by atomic mass is 9.69. The molecule has 1 aliphatic rings. The second-order valence-corrected chi connectivity index (χ2v) is 5.49. The van der Waals surface area contributed by atoms with Gasteiger partial charge in [0.1, 0.15) is 5.60 Å². The molecule has 3 heteroatoms. The van der Waals surface area contributed by atoms with Crippen molar-refractivity contribution in [3.05, 3.63) is 0 Å². The molecule has 4 atom stereocenters. The summed E-state index contributed by atoms with van der Waals surface area (Å²) < 4.78 is 10.4. The van der Waals surface area contributed by atoms with Crippen LogP contribution in [0, 0.1) is 17.8 Å². The topological polar surface area (TPSA) is 38.7 Å². The van der Waals surface area contributed by atoms with Crippen LogP contribution in [0.5, 0.6) is 0 Å². The third kappa shape index (κ3) is 2.76. The van der Waals surface area contributed by atoms with E-state index in [1.54, 1.807) is 14.2 Å². The second-order valence-electron chi connectivity index (χ2n) is 5.49. The first-order chi connectivity index (χ1) is 7.43. The number of aliphatic hydroxyl groups is 1. The van der Waals surface area contributed by atoms with Gasteiger partial charge in [0.2, 0.25) is 0 Å². The molecule has 4 unspecified atom stereocenters. The van der Waals surface area contributed by atoms with Crippen LogP contribution in [0.3, 0.4) is 0 Å². The highest BCUT2D eigenvalue weighted by Crippen LogP contribution is 2.40. The highest BCUT2D eigenvalue weighted by Gasteiger charge is 2.43. The molecular formula is C13H26O3. The molecule has 0 saturated heterocycles. The maximum absolute atomic E-state index is 10.6. The van der Waals surface area contributed by atoms with Crippen LogP contribution in [0.4, 0.5) is 0 Å². The monoisotopic (exact) mass is 230 g/mol. The molecule has 0 spiro atoms. The van der Waals surface area contributed by atoms with Crippen molar-refractivity contribution in [2.75, 3.05) is 14.2 Å². The van der Waals surface area contributed by atoms with Gasteiger partial charge in [0.15, 0.2) is 6.29 Å². The van der Waals surface area contributed by atoms with Crippen LogP contribution in [0.1, 0.15) is 40.0 Å². The van der Waals surface area contributed by atoms with E-state index < -0.39 is 11.9 Å². The molecule has 1 aliphatic carbocycles. The number of hydrogen-bond acceptors (Lipinski definition) is 3. The zero-order chi connectivity index (χ0) is 12.3. The Morgan fingerprint density at radius 1 is 1.12 bits per heavy atom. The number of ether oxygens (including phenoxy) is 2. The summed E-state index contributed by atoms with van der Waals surface area (Å²) in [6.07, 6.45) is 2.76. The SMILES string of the molecule is COC(OC)C(C)(O)C1CCC(C)C(C)C1. The summed E-state index contributed by atoms with van der Waals surface area (Å²) >= 11 is 0. The molecule has 16 heavy (non-hydrogen) atoms. The van der Waals surface area contributed by atoms with E-state index in [0.717, 1.165) is 18.8 Å². The lowest BCUT2D eigenvalue weighted by Crippen LogP contribution is -2.50. The van der Waals surface area contributed by atoms with E-state index >= 15 is 0 Å². The highest BCUT2D eigenvalue weighted by atomic mass is 16.7. The van der Waals surface area contributed by atoms with E-state index in [1.165, 1.54) is 6.42 Å². The normalized spacial score (nSPS) is 35.1.